The van der Waals surface area contributed by atoms with Crippen molar-refractivity contribution >= 4 is 12.0 Å². The predicted molar refractivity (Wildman–Crippen MR) is 83.5 cm³/mol. The number of aryl methyl sites for hydroxylation is 1. The fraction of sp³-hybridized carbons (Fsp3) is 0.471. The van der Waals surface area contributed by atoms with E-state index in [0.717, 1.165) is 18.6 Å². The summed E-state index contributed by atoms with van der Waals surface area (Å²) in [6, 6.07) is 8.06. The number of hydrogen-bond acceptors (Lipinski definition) is 2. The molecule has 0 spiro atoms. The molecular formula is C17H25NO2. The Balaban J connectivity index is 2.15. The highest BCUT2D eigenvalue weighted by molar-refractivity contribution is 5.91. The molecule has 0 aliphatic heterocycles. The Bertz CT molecular complexity index is 421. The topological polar surface area (TPSA) is 38.3 Å². The van der Waals surface area contributed by atoms with Gasteiger partial charge in [0.25, 0.3) is 0 Å². The van der Waals surface area contributed by atoms with Crippen molar-refractivity contribution in [3.63, 3.8) is 0 Å². The first-order chi connectivity index (χ1) is 9.58. The minimum Gasteiger partial charge on any atom is -0.381 e. The average molecular weight is 275 g/mol. The molecule has 0 aliphatic carbocycles. The Hall–Kier alpha value is -1.61. The van der Waals surface area contributed by atoms with Crippen LogP contribution in [0, 0.1) is 12.8 Å². The largest absolute Gasteiger partial charge is 0.381 e. The van der Waals surface area contributed by atoms with Crippen LogP contribution in [0.3, 0.4) is 0 Å². The Kier molecular flexibility index (Phi) is 7.66. The van der Waals surface area contributed by atoms with Gasteiger partial charge in [0.15, 0.2) is 0 Å². The average Bonchev–Trinajstić information content (AvgIpc) is 2.41. The van der Waals surface area contributed by atoms with Crippen LogP contribution in [0.5, 0.6) is 0 Å². The highest BCUT2D eigenvalue weighted by atomic mass is 16.5. The Morgan fingerprint density at radius 2 is 2.00 bits per heavy atom. The van der Waals surface area contributed by atoms with Crippen molar-refractivity contribution in [2.75, 3.05) is 19.8 Å². The van der Waals surface area contributed by atoms with Crippen LogP contribution in [0.25, 0.3) is 6.08 Å². The van der Waals surface area contributed by atoms with E-state index >= 15 is 0 Å². The molecule has 110 valence electrons. The van der Waals surface area contributed by atoms with Crippen molar-refractivity contribution in [2.24, 2.45) is 5.92 Å². The normalized spacial score (nSPS) is 11.2. The van der Waals surface area contributed by atoms with Crippen LogP contribution in [0.4, 0.5) is 0 Å². The smallest absolute Gasteiger partial charge is 0.244 e. The van der Waals surface area contributed by atoms with Crippen molar-refractivity contribution in [1.82, 2.24) is 5.32 Å². The van der Waals surface area contributed by atoms with Crippen molar-refractivity contribution in [3.8, 4) is 0 Å². The summed E-state index contributed by atoms with van der Waals surface area (Å²) in [7, 11) is 0. The van der Waals surface area contributed by atoms with E-state index in [0.29, 0.717) is 19.1 Å². The van der Waals surface area contributed by atoms with E-state index in [2.05, 4.69) is 19.2 Å². The van der Waals surface area contributed by atoms with Gasteiger partial charge in [-0.3, -0.25) is 4.79 Å². The van der Waals surface area contributed by atoms with Crippen LogP contribution in [-0.4, -0.2) is 25.7 Å². The number of benzene rings is 1. The van der Waals surface area contributed by atoms with Gasteiger partial charge in [0, 0.05) is 25.8 Å². The summed E-state index contributed by atoms with van der Waals surface area (Å²) in [6.45, 7) is 8.41. The zero-order valence-corrected chi connectivity index (χ0v) is 12.7. The monoisotopic (exact) mass is 275 g/mol. The molecule has 0 bridgehead atoms. The standard InChI is InChI=1S/C17H25NO2/c1-14(2)13-20-12-4-11-18-17(19)10-9-16-7-5-15(3)6-8-16/h5-10,14H,4,11-13H2,1-3H3,(H,18,19)/b10-9+. The first-order valence-corrected chi connectivity index (χ1v) is 7.18. The van der Waals surface area contributed by atoms with E-state index in [9.17, 15) is 4.79 Å². The third-order valence-electron chi connectivity index (χ3n) is 2.72. The molecule has 3 heteroatoms. The van der Waals surface area contributed by atoms with Crippen molar-refractivity contribution < 1.29 is 9.53 Å². The van der Waals surface area contributed by atoms with E-state index < -0.39 is 0 Å². The van der Waals surface area contributed by atoms with Crippen molar-refractivity contribution in [2.45, 2.75) is 27.2 Å². The summed E-state index contributed by atoms with van der Waals surface area (Å²) in [5, 5.41) is 2.85. The second kappa shape index (κ2) is 9.32. The van der Waals surface area contributed by atoms with Crippen LogP contribution in [0.15, 0.2) is 30.3 Å². The van der Waals surface area contributed by atoms with Crippen molar-refractivity contribution in [3.05, 3.63) is 41.5 Å². The molecule has 0 saturated carbocycles. The summed E-state index contributed by atoms with van der Waals surface area (Å²) < 4.78 is 5.45. The molecule has 1 aromatic carbocycles. The SMILES string of the molecule is Cc1ccc(/C=C/C(=O)NCCCOCC(C)C)cc1. The van der Waals surface area contributed by atoms with E-state index in [4.69, 9.17) is 4.74 Å². The van der Waals surface area contributed by atoms with Gasteiger partial charge in [0.05, 0.1) is 0 Å². The maximum absolute atomic E-state index is 11.6. The molecule has 1 amide bonds. The van der Waals surface area contributed by atoms with Gasteiger partial charge in [-0.25, -0.2) is 0 Å². The van der Waals surface area contributed by atoms with Crippen LogP contribution in [0.1, 0.15) is 31.4 Å². The first kappa shape index (κ1) is 16.4. The van der Waals surface area contributed by atoms with E-state index in [-0.39, 0.29) is 5.91 Å². The maximum atomic E-state index is 11.6. The lowest BCUT2D eigenvalue weighted by molar-refractivity contribution is -0.116. The lowest BCUT2D eigenvalue weighted by Crippen LogP contribution is -2.23. The zero-order chi connectivity index (χ0) is 14.8. The Labute approximate surface area is 122 Å². The van der Waals surface area contributed by atoms with E-state index in [1.54, 1.807) is 6.08 Å². The number of amides is 1. The molecule has 0 radical (unpaired) electrons. The molecule has 1 rings (SSSR count). The molecule has 20 heavy (non-hydrogen) atoms. The number of ether oxygens (including phenoxy) is 1. The summed E-state index contributed by atoms with van der Waals surface area (Å²) in [5.74, 6) is 0.497. The van der Waals surface area contributed by atoms with Crippen LogP contribution in [0.2, 0.25) is 0 Å². The molecular weight excluding hydrogens is 250 g/mol. The van der Waals surface area contributed by atoms with Crippen molar-refractivity contribution in [1.29, 1.82) is 0 Å². The van der Waals surface area contributed by atoms with E-state index in [1.807, 2.05) is 37.3 Å². The third-order valence-corrected chi connectivity index (χ3v) is 2.72. The van der Waals surface area contributed by atoms with E-state index in [1.165, 1.54) is 5.56 Å². The molecule has 0 saturated heterocycles. The van der Waals surface area contributed by atoms with Crippen LogP contribution in [-0.2, 0) is 9.53 Å². The number of nitrogens with one attached hydrogen (secondary N) is 1. The van der Waals surface area contributed by atoms with Gasteiger partial charge < -0.3 is 10.1 Å². The Morgan fingerprint density at radius 1 is 1.30 bits per heavy atom. The lowest BCUT2D eigenvalue weighted by Gasteiger charge is -2.06. The fourth-order valence-electron chi connectivity index (χ4n) is 1.61. The fourth-order valence-corrected chi connectivity index (χ4v) is 1.61. The summed E-state index contributed by atoms with van der Waals surface area (Å²) in [6.07, 6.45) is 4.24. The summed E-state index contributed by atoms with van der Waals surface area (Å²) in [5.41, 5.74) is 2.25. The maximum Gasteiger partial charge on any atom is 0.244 e. The summed E-state index contributed by atoms with van der Waals surface area (Å²) in [4.78, 5) is 11.6. The lowest BCUT2D eigenvalue weighted by atomic mass is 10.1. The Morgan fingerprint density at radius 3 is 2.65 bits per heavy atom. The second-order valence-electron chi connectivity index (χ2n) is 5.36. The van der Waals surface area contributed by atoms with Gasteiger partial charge in [-0.2, -0.15) is 0 Å². The minimum atomic E-state index is -0.0607. The van der Waals surface area contributed by atoms with Gasteiger partial charge in [-0.15, -0.1) is 0 Å². The van der Waals surface area contributed by atoms with Gasteiger partial charge in [-0.1, -0.05) is 43.7 Å². The highest BCUT2D eigenvalue weighted by Crippen LogP contribution is 2.04. The molecule has 1 N–H and O–H groups in total. The predicted octanol–water partition coefficient (Wildman–Crippen LogP) is 3.19. The van der Waals surface area contributed by atoms with Crippen LogP contribution >= 0.6 is 0 Å². The molecule has 0 unspecified atom stereocenters. The van der Waals surface area contributed by atoms with Gasteiger partial charge in [0.2, 0.25) is 5.91 Å². The molecule has 0 aromatic heterocycles. The van der Waals surface area contributed by atoms with Gasteiger partial charge in [-0.05, 0) is 30.9 Å². The molecule has 1 aromatic rings. The molecule has 0 heterocycles. The highest BCUT2D eigenvalue weighted by Gasteiger charge is 1.96. The second-order valence-corrected chi connectivity index (χ2v) is 5.36. The summed E-state index contributed by atoms with van der Waals surface area (Å²) >= 11 is 0. The minimum absolute atomic E-state index is 0.0607. The zero-order valence-electron chi connectivity index (χ0n) is 12.7. The molecule has 3 nitrogen and oxygen atoms in total. The number of rotatable bonds is 8. The molecule has 0 aliphatic rings. The molecule has 0 fully saturated rings. The number of carbonyl (C=O) groups excluding carboxylic acids is 1. The first-order valence-electron chi connectivity index (χ1n) is 7.18. The quantitative estimate of drug-likeness (QED) is 0.584. The van der Waals surface area contributed by atoms with Crippen LogP contribution < -0.4 is 5.32 Å². The third kappa shape index (κ3) is 7.74. The molecule has 0 atom stereocenters. The number of hydrogen-bond donors (Lipinski definition) is 1. The van der Waals surface area contributed by atoms with Gasteiger partial charge >= 0.3 is 0 Å². The van der Waals surface area contributed by atoms with Gasteiger partial charge in [0.1, 0.15) is 0 Å². The number of carbonyl (C=O) groups is 1.